The van der Waals surface area contributed by atoms with Gasteiger partial charge < -0.3 is 0 Å². The fraction of sp³-hybridized carbons (Fsp3) is 0.143. The van der Waals surface area contributed by atoms with Crippen molar-refractivity contribution in [2.24, 2.45) is 0 Å². The maximum absolute atomic E-state index is 12.8. The van der Waals surface area contributed by atoms with Crippen LogP contribution in [0, 0.1) is 15.9 Å². The maximum atomic E-state index is 12.8. The zero-order valence-electron chi connectivity index (χ0n) is 10.2. The maximum Gasteiger partial charge on any atom is 0.269 e. The molecule has 0 saturated heterocycles. The number of hydrogen-bond acceptors (Lipinski definition) is 3. The first-order chi connectivity index (χ1) is 9.06. The summed E-state index contributed by atoms with van der Waals surface area (Å²) in [5, 5.41) is 10.7. The summed E-state index contributed by atoms with van der Waals surface area (Å²) in [7, 11) is 0. The minimum atomic E-state index is -0.419. The van der Waals surface area contributed by atoms with Gasteiger partial charge in [-0.05, 0) is 36.8 Å². The minimum absolute atomic E-state index is 0.0822. The SMILES string of the molecule is CC(Sc1ccc([N+](=O)[O-])cc1)c1ccc(F)cc1. The molecule has 0 fully saturated rings. The van der Waals surface area contributed by atoms with Crippen LogP contribution in [-0.4, -0.2) is 4.92 Å². The highest BCUT2D eigenvalue weighted by atomic mass is 32.2. The molecule has 2 rings (SSSR count). The highest BCUT2D eigenvalue weighted by molar-refractivity contribution is 7.99. The van der Waals surface area contributed by atoms with E-state index < -0.39 is 4.92 Å². The van der Waals surface area contributed by atoms with Crippen molar-refractivity contribution in [1.29, 1.82) is 0 Å². The first-order valence-electron chi connectivity index (χ1n) is 5.73. The highest BCUT2D eigenvalue weighted by Crippen LogP contribution is 2.35. The molecular formula is C14H12FNO2S. The Morgan fingerprint density at radius 1 is 1.11 bits per heavy atom. The molecule has 19 heavy (non-hydrogen) atoms. The smallest absolute Gasteiger partial charge is 0.258 e. The van der Waals surface area contributed by atoms with Crippen molar-refractivity contribution in [3.8, 4) is 0 Å². The van der Waals surface area contributed by atoms with E-state index in [1.165, 1.54) is 24.3 Å². The summed E-state index contributed by atoms with van der Waals surface area (Å²) in [6.07, 6.45) is 0. The Kier molecular flexibility index (Phi) is 4.16. The molecule has 3 nitrogen and oxygen atoms in total. The third-order valence-corrected chi connectivity index (χ3v) is 3.87. The normalized spacial score (nSPS) is 12.1. The van der Waals surface area contributed by atoms with Crippen LogP contribution < -0.4 is 0 Å². The average molecular weight is 277 g/mol. The fourth-order valence-corrected chi connectivity index (χ4v) is 2.65. The van der Waals surface area contributed by atoms with Crippen molar-refractivity contribution in [3.05, 3.63) is 70.0 Å². The predicted octanol–water partition coefficient (Wildman–Crippen LogP) is 4.59. The van der Waals surface area contributed by atoms with Crippen LogP contribution >= 0.6 is 11.8 Å². The van der Waals surface area contributed by atoms with E-state index in [0.29, 0.717) is 0 Å². The summed E-state index contributed by atoms with van der Waals surface area (Å²) in [6.45, 7) is 2.01. The minimum Gasteiger partial charge on any atom is -0.258 e. The lowest BCUT2D eigenvalue weighted by molar-refractivity contribution is -0.384. The van der Waals surface area contributed by atoms with Gasteiger partial charge in [0, 0.05) is 22.3 Å². The number of nitro groups is 1. The Hall–Kier alpha value is -1.88. The molecule has 0 aliphatic carbocycles. The average Bonchev–Trinajstić information content (AvgIpc) is 2.40. The van der Waals surface area contributed by atoms with Crippen LogP contribution in [0.15, 0.2) is 53.4 Å². The van der Waals surface area contributed by atoms with Crippen molar-refractivity contribution in [3.63, 3.8) is 0 Å². The van der Waals surface area contributed by atoms with Crippen molar-refractivity contribution in [2.75, 3.05) is 0 Å². The third kappa shape index (κ3) is 3.54. The second kappa shape index (κ2) is 5.84. The van der Waals surface area contributed by atoms with Crippen LogP contribution in [0.1, 0.15) is 17.7 Å². The molecule has 0 aromatic heterocycles. The fourth-order valence-electron chi connectivity index (χ4n) is 1.65. The number of rotatable bonds is 4. The number of thioether (sulfide) groups is 1. The van der Waals surface area contributed by atoms with Gasteiger partial charge in [-0.1, -0.05) is 12.1 Å². The van der Waals surface area contributed by atoms with Gasteiger partial charge in [-0.15, -0.1) is 11.8 Å². The van der Waals surface area contributed by atoms with Gasteiger partial charge in [0.2, 0.25) is 0 Å². The summed E-state index contributed by atoms with van der Waals surface area (Å²) in [6, 6.07) is 12.8. The van der Waals surface area contributed by atoms with Gasteiger partial charge >= 0.3 is 0 Å². The third-order valence-electron chi connectivity index (χ3n) is 2.70. The molecule has 0 aliphatic heterocycles. The van der Waals surface area contributed by atoms with Crippen LogP contribution in [0.3, 0.4) is 0 Å². The number of halogens is 1. The standard InChI is InChI=1S/C14H12FNO2S/c1-10(11-2-4-12(15)5-3-11)19-14-8-6-13(7-9-14)16(17)18/h2-10H,1H3. The molecule has 0 N–H and O–H groups in total. The lowest BCUT2D eigenvalue weighted by Gasteiger charge is -2.11. The summed E-state index contributed by atoms with van der Waals surface area (Å²) < 4.78 is 12.8. The summed E-state index contributed by atoms with van der Waals surface area (Å²) in [4.78, 5) is 11.1. The molecule has 1 unspecified atom stereocenters. The monoisotopic (exact) mass is 277 g/mol. The molecule has 0 amide bonds. The molecule has 0 bridgehead atoms. The van der Waals surface area contributed by atoms with Crippen LogP contribution in [0.4, 0.5) is 10.1 Å². The van der Waals surface area contributed by atoms with Crippen LogP contribution in [0.2, 0.25) is 0 Å². The van der Waals surface area contributed by atoms with E-state index in [4.69, 9.17) is 0 Å². The lowest BCUT2D eigenvalue weighted by Crippen LogP contribution is -1.90. The molecule has 0 heterocycles. The van der Waals surface area contributed by atoms with Gasteiger partial charge in [0.1, 0.15) is 5.82 Å². The van der Waals surface area contributed by atoms with E-state index in [1.807, 2.05) is 6.92 Å². The van der Waals surface area contributed by atoms with Gasteiger partial charge in [0.05, 0.1) is 4.92 Å². The highest BCUT2D eigenvalue weighted by Gasteiger charge is 2.09. The van der Waals surface area contributed by atoms with Gasteiger partial charge in [0.25, 0.3) is 5.69 Å². The first kappa shape index (κ1) is 13.5. The van der Waals surface area contributed by atoms with E-state index in [9.17, 15) is 14.5 Å². The molecule has 0 radical (unpaired) electrons. The molecule has 2 aromatic rings. The Balaban J connectivity index is 2.08. The summed E-state index contributed by atoms with van der Waals surface area (Å²) in [5.74, 6) is -0.253. The van der Waals surface area contributed by atoms with E-state index in [-0.39, 0.29) is 16.8 Å². The molecular weight excluding hydrogens is 265 g/mol. The Morgan fingerprint density at radius 2 is 1.68 bits per heavy atom. The quantitative estimate of drug-likeness (QED) is 0.466. The molecule has 2 aromatic carbocycles. The van der Waals surface area contributed by atoms with Crippen LogP contribution in [0.25, 0.3) is 0 Å². The van der Waals surface area contributed by atoms with Crippen LogP contribution in [0.5, 0.6) is 0 Å². The summed E-state index contributed by atoms with van der Waals surface area (Å²) in [5.41, 5.74) is 1.10. The molecule has 0 aliphatic rings. The van der Waals surface area contributed by atoms with E-state index >= 15 is 0 Å². The zero-order chi connectivity index (χ0) is 13.8. The van der Waals surface area contributed by atoms with Crippen molar-refractivity contribution >= 4 is 17.4 Å². The molecule has 0 saturated carbocycles. The first-order valence-corrected chi connectivity index (χ1v) is 6.61. The lowest BCUT2D eigenvalue weighted by atomic mass is 10.2. The molecule has 0 spiro atoms. The molecule has 1 atom stereocenters. The van der Waals surface area contributed by atoms with Crippen molar-refractivity contribution in [2.45, 2.75) is 17.1 Å². The van der Waals surface area contributed by atoms with Crippen molar-refractivity contribution in [1.82, 2.24) is 0 Å². The molecule has 98 valence electrons. The zero-order valence-corrected chi connectivity index (χ0v) is 11.1. The Labute approximate surface area is 114 Å². The predicted molar refractivity (Wildman–Crippen MR) is 73.8 cm³/mol. The number of nitrogens with zero attached hydrogens (tertiary/aromatic N) is 1. The number of benzene rings is 2. The largest absolute Gasteiger partial charge is 0.269 e. The second-order valence-electron chi connectivity index (χ2n) is 4.06. The van der Waals surface area contributed by atoms with Crippen molar-refractivity contribution < 1.29 is 9.31 Å². The van der Waals surface area contributed by atoms with E-state index in [1.54, 1.807) is 36.0 Å². The summed E-state index contributed by atoms with van der Waals surface area (Å²) >= 11 is 1.58. The van der Waals surface area contributed by atoms with Gasteiger partial charge in [-0.2, -0.15) is 0 Å². The van der Waals surface area contributed by atoms with E-state index in [2.05, 4.69) is 0 Å². The Bertz CT molecular complexity index is 569. The van der Waals surface area contributed by atoms with Gasteiger partial charge in [-0.25, -0.2) is 4.39 Å². The Morgan fingerprint density at radius 3 is 2.21 bits per heavy atom. The second-order valence-corrected chi connectivity index (χ2v) is 5.48. The molecule has 5 heteroatoms. The number of nitro benzene ring substituents is 1. The number of hydrogen-bond donors (Lipinski definition) is 0. The van der Waals surface area contributed by atoms with E-state index in [0.717, 1.165) is 10.5 Å². The number of non-ortho nitro benzene ring substituents is 1. The van der Waals surface area contributed by atoms with Gasteiger partial charge in [-0.3, -0.25) is 10.1 Å². The van der Waals surface area contributed by atoms with Crippen LogP contribution in [-0.2, 0) is 0 Å². The topological polar surface area (TPSA) is 43.1 Å². The van der Waals surface area contributed by atoms with Gasteiger partial charge in [0.15, 0.2) is 0 Å².